The maximum absolute atomic E-state index is 11.0. The van der Waals surface area contributed by atoms with Crippen LogP contribution in [-0.2, 0) is 9.05 Å². The molecule has 0 unspecified atom stereocenters. The van der Waals surface area contributed by atoms with Crippen LogP contribution in [0.4, 0.5) is 0 Å². The van der Waals surface area contributed by atoms with E-state index in [2.05, 4.69) is 0 Å². The van der Waals surface area contributed by atoms with Crippen LogP contribution < -0.4 is 4.89 Å². The molecule has 0 saturated carbocycles. The van der Waals surface area contributed by atoms with Gasteiger partial charge in [-0.25, -0.2) is 0 Å². The van der Waals surface area contributed by atoms with Gasteiger partial charge in [0.2, 0.25) is 0 Å². The van der Waals surface area contributed by atoms with Crippen molar-refractivity contribution >= 4 is 26.4 Å². The van der Waals surface area contributed by atoms with E-state index >= 15 is 0 Å². The molecular formula is C4H10O3PTe-. The van der Waals surface area contributed by atoms with Crippen molar-refractivity contribution in [2.45, 2.75) is 13.8 Å². The van der Waals surface area contributed by atoms with Gasteiger partial charge in [0.15, 0.2) is 0 Å². The SMILES string of the molecule is CCOP([O-])(=[Te])OCC. The van der Waals surface area contributed by atoms with Gasteiger partial charge < -0.3 is 0 Å². The number of hydrogen-bond acceptors (Lipinski definition) is 3. The van der Waals surface area contributed by atoms with Crippen LogP contribution in [0, 0.1) is 0 Å². The van der Waals surface area contributed by atoms with Crippen molar-refractivity contribution in [3.63, 3.8) is 0 Å². The minimum absolute atomic E-state index is 0.441. The van der Waals surface area contributed by atoms with Gasteiger partial charge >= 0.3 is 67.4 Å². The molecule has 0 saturated heterocycles. The van der Waals surface area contributed by atoms with Crippen LogP contribution in [0.2, 0.25) is 0 Å². The fourth-order valence-corrected chi connectivity index (χ4v) is 2.87. The Morgan fingerprint density at radius 1 is 1.33 bits per heavy atom. The molecule has 0 aliphatic rings. The molecule has 0 fully saturated rings. The third kappa shape index (κ3) is 5.54. The molecular weight excluding hydrogens is 255 g/mol. The van der Waals surface area contributed by atoms with E-state index in [1.54, 1.807) is 13.8 Å². The first-order valence-electron chi connectivity index (χ1n) is 2.72. The van der Waals surface area contributed by atoms with Gasteiger partial charge in [0, 0.05) is 0 Å². The molecule has 3 nitrogen and oxygen atoms in total. The molecule has 0 aromatic carbocycles. The van der Waals surface area contributed by atoms with Gasteiger partial charge in [0.05, 0.1) is 0 Å². The predicted octanol–water partition coefficient (Wildman–Crippen LogP) is 0.266. The molecule has 0 aromatic rings. The van der Waals surface area contributed by atoms with Crippen LogP contribution in [-0.4, -0.2) is 34.4 Å². The summed E-state index contributed by atoms with van der Waals surface area (Å²) in [5.41, 5.74) is 0. The maximum atomic E-state index is 11.0. The first-order valence-corrected chi connectivity index (χ1v) is 7.31. The third-order valence-electron chi connectivity index (χ3n) is 0.574. The van der Waals surface area contributed by atoms with Gasteiger partial charge in [-0.3, -0.25) is 0 Å². The van der Waals surface area contributed by atoms with E-state index in [0.29, 0.717) is 13.2 Å². The average molecular weight is 265 g/mol. The molecule has 9 heavy (non-hydrogen) atoms. The first-order chi connectivity index (χ1) is 4.12. The van der Waals surface area contributed by atoms with Gasteiger partial charge in [-0.05, 0) is 0 Å². The summed E-state index contributed by atoms with van der Waals surface area (Å²) in [6, 6.07) is 0. The fourth-order valence-electron chi connectivity index (χ4n) is 0.353. The average Bonchev–Trinajstić information content (AvgIpc) is 1.64. The summed E-state index contributed by atoms with van der Waals surface area (Å²) < 4.78 is 9.62. The second-order valence-electron chi connectivity index (χ2n) is 1.28. The van der Waals surface area contributed by atoms with E-state index in [4.69, 9.17) is 9.05 Å². The molecule has 0 N–H and O–H groups in total. The minimum atomic E-state index is -2.68. The normalized spacial score (nSPS) is 11.9. The van der Waals surface area contributed by atoms with Crippen molar-refractivity contribution in [2.75, 3.05) is 13.2 Å². The van der Waals surface area contributed by atoms with Crippen molar-refractivity contribution in [1.29, 1.82) is 0 Å². The van der Waals surface area contributed by atoms with E-state index in [0.717, 1.165) is 0 Å². The Morgan fingerprint density at radius 2 is 1.67 bits per heavy atom. The zero-order valence-corrected chi connectivity index (χ0v) is 8.72. The molecule has 0 rings (SSSR count). The van der Waals surface area contributed by atoms with E-state index in [1.807, 2.05) is 0 Å². The number of rotatable bonds is 4. The summed E-state index contributed by atoms with van der Waals surface area (Å²) in [5, 5.41) is -2.68. The van der Waals surface area contributed by atoms with Crippen LogP contribution in [0.25, 0.3) is 0 Å². The van der Waals surface area contributed by atoms with E-state index < -0.39 is 5.17 Å². The van der Waals surface area contributed by atoms with Crippen LogP contribution in [0.3, 0.4) is 0 Å². The van der Waals surface area contributed by atoms with Crippen molar-refractivity contribution in [2.24, 2.45) is 0 Å². The summed E-state index contributed by atoms with van der Waals surface area (Å²) in [6.07, 6.45) is 0. The Bertz CT molecular complexity index is 106. The zero-order chi connectivity index (χ0) is 7.33. The van der Waals surface area contributed by atoms with Crippen molar-refractivity contribution in [1.82, 2.24) is 0 Å². The summed E-state index contributed by atoms with van der Waals surface area (Å²) >= 11 is 1.40. The van der Waals surface area contributed by atoms with Crippen molar-refractivity contribution < 1.29 is 13.9 Å². The van der Waals surface area contributed by atoms with Crippen molar-refractivity contribution in [3.8, 4) is 0 Å². The fraction of sp³-hybridized carbons (Fsp3) is 1.00. The van der Waals surface area contributed by atoms with Gasteiger partial charge in [0.1, 0.15) is 0 Å². The topological polar surface area (TPSA) is 41.5 Å². The Morgan fingerprint density at radius 3 is 1.89 bits per heavy atom. The monoisotopic (exact) mass is 267 g/mol. The summed E-state index contributed by atoms with van der Waals surface area (Å²) in [7, 11) is 0. The van der Waals surface area contributed by atoms with Crippen LogP contribution >= 0.6 is 5.17 Å². The molecule has 0 amide bonds. The standard InChI is InChI=1S/C4H11O3PTe/c1-3-6-8(5,9)7-4-2/h3-4H2,1-2H3,(H,5,9)/p-1. The predicted molar refractivity (Wildman–Crippen MR) is 35.9 cm³/mol. The molecule has 5 heteroatoms. The molecule has 0 bridgehead atoms. The Hall–Kier alpha value is 1.10. The van der Waals surface area contributed by atoms with Gasteiger partial charge in [-0.15, -0.1) is 0 Å². The van der Waals surface area contributed by atoms with Gasteiger partial charge in [0.25, 0.3) is 0 Å². The summed E-state index contributed by atoms with van der Waals surface area (Å²) in [5.74, 6) is 0. The molecule has 0 spiro atoms. The van der Waals surface area contributed by atoms with E-state index in [-0.39, 0.29) is 0 Å². The molecule has 0 atom stereocenters. The van der Waals surface area contributed by atoms with E-state index in [1.165, 1.54) is 21.2 Å². The van der Waals surface area contributed by atoms with Crippen LogP contribution in [0.5, 0.6) is 0 Å². The van der Waals surface area contributed by atoms with Gasteiger partial charge in [-0.1, -0.05) is 0 Å². The molecule has 0 aliphatic carbocycles. The van der Waals surface area contributed by atoms with Crippen LogP contribution in [0.15, 0.2) is 0 Å². The number of hydrogen-bond donors (Lipinski definition) is 0. The summed E-state index contributed by atoms with van der Waals surface area (Å²) in [6.45, 7) is 4.46. The second kappa shape index (κ2) is 4.85. The molecule has 0 radical (unpaired) electrons. The Balaban J connectivity index is 3.58. The van der Waals surface area contributed by atoms with Crippen molar-refractivity contribution in [3.05, 3.63) is 0 Å². The second-order valence-corrected chi connectivity index (χ2v) is 6.52. The Labute approximate surface area is 67.6 Å². The molecule has 0 heterocycles. The summed E-state index contributed by atoms with van der Waals surface area (Å²) in [4.78, 5) is 11.0. The van der Waals surface area contributed by atoms with E-state index in [9.17, 15) is 4.89 Å². The molecule has 0 aromatic heterocycles. The van der Waals surface area contributed by atoms with Crippen LogP contribution in [0.1, 0.15) is 13.8 Å². The quantitative estimate of drug-likeness (QED) is 0.541. The molecule has 0 aliphatic heterocycles. The first kappa shape index (κ1) is 10.1. The zero-order valence-electron chi connectivity index (χ0n) is 5.49. The third-order valence-corrected chi connectivity index (χ3v) is 3.53. The molecule has 56 valence electrons. The Kier molecular flexibility index (Phi) is 5.44. The van der Waals surface area contributed by atoms with Gasteiger partial charge in [-0.2, -0.15) is 0 Å².